The van der Waals surface area contributed by atoms with Gasteiger partial charge >= 0.3 is 0 Å². The Morgan fingerprint density at radius 2 is 2.10 bits per heavy atom. The molecule has 3 heterocycles. The number of hydrogen-bond acceptors (Lipinski definition) is 6. The molecule has 0 bridgehead atoms. The van der Waals surface area contributed by atoms with E-state index < -0.39 is 5.95 Å². The summed E-state index contributed by atoms with van der Waals surface area (Å²) in [6.45, 7) is 1.80. The monoisotopic (exact) mass is 337 g/mol. The van der Waals surface area contributed by atoms with Crippen LogP contribution >= 0.6 is 15.9 Å². The zero-order valence-electron chi connectivity index (χ0n) is 10.4. The van der Waals surface area contributed by atoms with Crippen LogP contribution in [0.15, 0.2) is 21.2 Å². The largest absolute Gasteiger partial charge is 0.396 e. The maximum absolute atomic E-state index is 13.4. The number of fused-ring (bicyclic) bond motifs is 1. The first kappa shape index (κ1) is 12.9. The van der Waals surface area contributed by atoms with Crippen LogP contribution in [0.5, 0.6) is 0 Å². The molecule has 0 saturated carbocycles. The molecule has 0 radical (unpaired) electrons. The molecule has 3 rings (SSSR count). The van der Waals surface area contributed by atoms with Gasteiger partial charge in [0, 0.05) is 23.4 Å². The summed E-state index contributed by atoms with van der Waals surface area (Å²) in [7, 11) is 0. The van der Waals surface area contributed by atoms with Crippen LogP contribution in [0.2, 0.25) is 0 Å². The van der Waals surface area contributed by atoms with E-state index in [2.05, 4.69) is 40.8 Å². The van der Waals surface area contributed by atoms with Crippen molar-refractivity contribution in [3.05, 3.63) is 39.5 Å². The molecule has 6 nitrogen and oxygen atoms in total. The Morgan fingerprint density at radius 1 is 1.30 bits per heavy atom. The normalized spacial score (nSPS) is 11.2. The molecule has 0 saturated heterocycles. The summed E-state index contributed by atoms with van der Waals surface area (Å²) in [5, 5.41) is 7.37. The molecule has 0 unspecified atom stereocenters. The lowest BCUT2D eigenvalue weighted by Gasteiger charge is -2.08. The van der Waals surface area contributed by atoms with Crippen molar-refractivity contribution in [3.63, 3.8) is 0 Å². The van der Waals surface area contributed by atoms with Crippen LogP contribution < -0.4 is 5.73 Å². The number of hydrogen-bond donors (Lipinski definition) is 1. The van der Waals surface area contributed by atoms with E-state index in [4.69, 9.17) is 5.73 Å². The van der Waals surface area contributed by atoms with Crippen LogP contribution in [0.1, 0.15) is 17.0 Å². The van der Waals surface area contributed by atoms with Crippen molar-refractivity contribution < 1.29 is 9.02 Å². The van der Waals surface area contributed by atoms with Crippen LogP contribution in [0.4, 0.5) is 10.1 Å². The fourth-order valence-electron chi connectivity index (χ4n) is 1.95. The molecule has 0 aromatic carbocycles. The summed E-state index contributed by atoms with van der Waals surface area (Å²) in [5.41, 5.74) is 9.22. The third kappa shape index (κ3) is 2.11. The molecule has 3 aromatic heterocycles. The number of nitrogen functional groups attached to an aromatic ring is 1. The SMILES string of the molecule is Cc1nc2nonc2c(N)c1Cc1ccc(Br)c(F)n1. The molecule has 0 aliphatic rings. The minimum absolute atomic E-state index is 0.320. The number of nitrogens with two attached hydrogens (primary N) is 1. The van der Waals surface area contributed by atoms with Crippen molar-refractivity contribution in [1.82, 2.24) is 20.3 Å². The van der Waals surface area contributed by atoms with Crippen LogP contribution in [-0.2, 0) is 6.42 Å². The van der Waals surface area contributed by atoms with Crippen molar-refractivity contribution in [2.45, 2.75) is 13.3 Å². The lowest BCUT2D eigenvalue weighted by molar-refractivity contribution is 0.315. The minimum atomic E-state index is -0.559. The highest BCUT2D eigenvalue weighted by molar-refractivity contribution is 9.10. The van der Waals surface area contributed by atoms with Gasteiger partial charge in [0.05, 0.1) is 10.2 Å². The number of pyridine rings is 2. The van der Waals surface area contributed by atoms with E-state index >= 15 is 0 Å². The molecule has 102 valence electrons. The van der Waals surface area contributed by atoms with Gasteiger partial charge in [-0.15, -0.1) is 0 Å². The van der Waals surface area contributed by atoms with Gasteiger partial charge in [-0.05, 0) is 45.3 Å². The Morgan fingerprint density at radius 3 is 2.85 bits per heavy atom. The summed E-state index contributed by atoms with van der Waals surface area (Å²) in [6.07, 6.45) is 0.359. The van der Waals surface area contributed by atoms with Gasteiger partial charge in [0.1, 0.15) is 0 Å². The predicted octanol–water partition coefficient (Wildman–Crippen LogP) is 2.40. The first-order chi connectivity index (χ1) is 9.56. The Hall–Kier alpha value is -2.09. The quantitative estimate of drug-likeness (QED) is 0.722. The van der Waals surface area contributed by atoms with Gasteiger partial charge in [0.2, 0.25) is 11.6 Å². The van der Waals surface area contributed by atoms with E-state index in [0.29, 0.717) is 39.1 Å². The second-order valence-electron chi connectivity index (χ2n) is 4.28. The Bertz CT molecular complexity index is 804. The highest BCUT2D eigenvalue weighted by Crippen LogP contribution is 2.25. The zero-order chi connectivity index (χ0) is 14.3. The molecule has 0 spiro atoms. The summed E-state index contributed by atoms with van der Waals surface area (Å²) in [6, 6.07) is 3.32. The first-order valence-corrected chi connectivity index (χ1v) is 6.53. The van der Waals surface area contributed by atoms with Gasteiger partial charge < -0.3 is 5.73 Å². The molecule has 8 heteroatoms. The number of aryl methyl sites for hydroxylation is 1. The van der Waals surface area contributed by atoms with E-state index in [1.165, 1.54) is 0 Å². The van der Waals surface area contributed by atoms with E-state index in [0.717, 1.165) is 5.56 Å². The van der Waals surface area contributed by atoms with Gasteiger partial charge in [0.15, 0.2) is 5.52 Å². The van der Waals surface area contributed by atoms with Gasteiger partial charge in [-0.2, -0.15) is 4.39 Å². The molecule has 0 aliphatic carbocycles. The van der Waals surface area contributed by atoms with Crippen molar-refractivity contribution >= 4 is 32.8 Å². The standard InChI is InChI=1S/C12H9BrFN5O/c1-5-7(4-6-2-3-8(13)11(14)17-6)9(15)10-12(16-5)19-20-18-10/h2-3H,4,15H2,1H3. The third-order valence-corrected chi connectivity index (χ3v) is 3.57. The van der Waals surface area contributed by atoms with E-state index in [9.17, 15) is 4.39 Å². The smallest absolute Gasteiger partial charge is 0.227 e. The van der Waals surface area contributed by atoms with Crippen molar-refractivity contribution in [2.24, 2.45) is 0 Å². The molecule has 20 heavy (non-hydrogen) atoms. The summed E-state index contributed by atoms with van der Waals surface area (Å²) in [4.78, 5) is 8.12. The Labute approximate surface area is 121 Å². The van der Waals surface area contributed by atoms with Gasteiger partial charge in [-0.3, -0.25) is 0 Å². The fraction of sp³-hybridized carbons (Fsp3) is 0.167. The van der Waals surface area contributed by atoms with Gasteiger partial charge in [0.25, 0.3) is 0 Å². The van der Waals surface area contributed by atoms with E-state index in [-0.39, 0.29) is 0 Å². The van der Waals surface area contributed by atoms with E-state index in [1.807, 2.05) is 0 Å². The summed E-state index contributed by atoms with van der Waals surface area (Å²) in [5.74, 6) is -0.559. The van der Waals surface area contributed by atoms with Crippen LogP contribution in [0, 0.1) is 12.9 Å². The van der Waals surface area contributed by atoms with Crippen molar-refractivity contribution in [3.8, 4) is 0 Å². The Kier molecular flexibility index (Phi) is 3.09. The van der Waals surface area contributed by atoms with Crippen LogP contribution in [0.3, 0.4) is 0 Å². The van der Waals surface area contributed by atoms with Crippen molar-refractivity contribution in [1.29, 1.82) is 0 Å². The number of aromatic nitrogens is 4. The number of halogens is 2. The maximum atomic E-state index is 13.4. The molecule has 0 amide bonds. The predicted molar refractivity (Wildman–Crippen MR) is 73.4 cm³/mol. The van der Waals surface area contributed by atoms with Crippen LogP contribution in [-0.4, -0.2) is 20.3 Å². The second kappa shape index (κ2) is 4.78. The molecule has 0 fully saturated rings. The molecular weight excluding hydrogens is 329 g/mol. The molecule has 3 aromatic rings. The molecule has 2 N–H and O–H groups in total. The highest BCUT2D eigenvalue weighted by Gasteiger charge is 2.15. The summed E-state index contributed by atoms with van der Waals surface area (Å²) >= 11 is 3.07. The molecule has 0 atom stereocenters. The maximum Gasteiger partial charge on any atom is 0.227 e. The third-order valence-electron chi connectivity index (χ3n) is 2.98. The average Bonchev–Trinajstić information content (AvgIpc) is 2.87. The van der Waals surface area contributed by atoms with Gasteiger partial charge in [-0.25, -0.2) is 14.6 Å². The van der Waals surface area contributed by atoms with E-state index in [1.54, 1.807) is 19.1 Å². The topological polar surface area (TPSA) is 90.7 Å². The fourth-order valence-corrected chi connectivity index (χ4v) is 2.17. The average molecular weight is 338 g/mol. The van der Waals surface area contributed by atoms with Crippen molar-refractivity contribution in [2.75, 3.05) is 5.73 Å². The van der Waals surface area contributed by atoms with Gasteiger partial charge in [-0.1, -0.05) is 0 Å². The lowest BCUT2D eigenvalue weighted by atomic mass is 10.1. The number of nitrogens with zero attached hydrogens (tertiary/aromatic N) is 4. The molecule has 0 aliphatic heterocycles. The highest BCUT2D eigenvalue weighted by atomic mass is 79.9. The summed E-state index contributed by atoms with van der Waals surface area (Å²) < 4.78 is 18.4. The number of rotatable bonds is 2. The Balaban J connectivity index is 2.07. The second-order valence-corrected chi connectivity index (χ2v) is 5.13. The van der Waals surface area contributed by atoms with Crippen LogP contribution in [0.25, 0.3) is 11.2 Å². The first-order valence-electron chi connectivity index (χ1n) is 5.74. The minimum Gasteiger partial charge on any atom is -0.396 e. The lowest BCUT2D eigenvalue weighted by Crippen LogP contribution is -2.04. The zero-order valence-corrected chi connectivity index (χ0v) is 12.0. The molecular formula is C12H9BrFN5O. The number of anilines is 1.